The molecule has 0 aromatic heterocycles. The number of hydrogen-bond acceptors (Lipinski definition) is 4. The number of amides is 1. The van der Waals surface area contributed by atoms with Gasteiger partial charge in [-0.3, -0.25) is 9.69 Å². The van der Waals surface area contributed by atoms with E-state index in [0.29, 0.717) is 26.1 Å². The number of piperazine rings is 1. The molecule has 0 radical (unpaired) electrons. The van der Waals surface area contributed by atoms with Crippen molar-refractivity contribution in [2.75, 3.05) is 39.3 Å². The van der Waals surface area contributed by atoms with Gasteiger partial charge in [-0.15, -0.1) is 0 Å². The highest BCUT2D eigenvalue weighted by Gasteiger charge is 2.32. The van der Waals surface area contributed by atoms with Crippen LogP contribution >= 0.6 is 0 Å². The number of carbonyl (C=O) groups excluding carboxylic acids is 1. The molecule has 3 N–H and O–H groups in total. The number of nitrogens with zero attached hydrogens (tertiary/aromatic N) is 2. The summed E-state index contributed by atoms with van der Waals surface area (Å²) < 4.78 is 26.9. The van der Waals surface area contributed by atoms with Crippen molar-refractivity contribution in [1.29, 1.82) is 0 Å². The lowest BCUT2D eigenvalue weighted by Crippen LogP contribution is -2.50. The second kappa shape index (κ2) is 7.76. The van der Waals surface area contributed by atoms with Gasteiger partial charge in [-0.05, 0) is 36.1 Å². The van der Waals surface area contributed by atoms with Gasteiger partial charge in [0.25, 0.3) is 0 Å². The standard InChI is InChI=1S/C18H25F2N3O2/c19-15-9-12-1-2-13(14(12)10-16(15)20)17(21)11-18(25)23-5-3-22(4-6-23)7-8-24/h9-10,13,17,24H,1-8,11,21H2/t13-,17-/m0/s1. The number of benzene rings is 1. The fourth-order valence-corrected chi connectivity index (χ4v) is 3.91. The van der Waals surface area contributed by atoms with Gasteiger partial charge in [0.2, 0.25) is 5.91 Å². The van der Waals surface area contributed by atoms with Gasteiger partial charge >= 0.3 is 0 Å². The Kier molecular flexibility index (Phi) is 5.66. The summed E-state index contributed by atoms with van der Waals surface area (Å²) in [5.74, 6) is -1.79. The van der Waals surface area contributed by atoms with E-state index in [2.05, 4.69) is 4.90 Å². The predicted octanol–water partition coefficient (Wildman–Crippen LogP) is 0.849. The van der Waals surface area contributed by atoms with Crippen LogP contribution in [0.1, 0.15) is 29.9 Å². The molecule has 1 aliphatic heterocycles. The third-order valence-corrected chi connectivity index (χ3v) is 5.37. The molecule has 2 atom stereocenters. The minimum Gasteiger partial charge on any atom is -0.395 e. The zero-order valence-electron chi connectivity index (χ0n) is 14.3. The van der Waals surface area contributed by atoms with Crippen LogP contribution in [0.2, 0.25) is 0 Å². The second-order valence-corrected chi connectivity index (χ2v) is 6.92. The molecule has 1 saturated heterocycles. The van der Waals surface area contributed by atoms with E-state index in [0.717, 1.165) is 30.6 Å². The lowest BCUT2D eigenvalue weighted by Gasteiger charge is -2.35. The molecule has 0 saturated carbocycles. The summed E-state index contributed by atoms with van der Waals surface area (Å²) in [6.07, 6.45) is 1.60. The Morgan fingerprint density at radius 1 is 1.24 bits per heavy atom. The van der Waals surface area contributed by atoms with Crippen molar-refractivity contribution in [2.24, 2.45) is 5.73 Å². The number of fused-ring (bicyclic) bond motifs is 1. The Bertz CT molecular complexity index is 633. The van der Waals surface area contributed by atoms with Crippen LogP contribution in [0.3, 0.4) is 0 Å². The van der Waals surface area contributed by atoms with E-state index >= 15 is 0 Å². The average molecular weight is 353 g/mol. The molecular formula is C18H25F2N3O2. The smallest absolute Gasteiger partial charge is 0.224 e. The summed E-state index contributed by atoms with van der Waals surface area (Å²) in [7, 11) is 0. The first-order valence-electron chi connectivity index (χ1n) is 8.84. The van der Waals surface area contributed by atoms with Crippen LogP contribution in [0.5, 0.6) is 0 Å². The van der Waals surface area contributed by atoms with Gasteiger partial charge in [-0.25, -0.2) is 8.78 Å². The van der Waals surface area contributed by atoms with Crippen LogP contribution in [0.4, 0.5) is 8.78 Å². The van der Waals surface area contributed by atoms with E-state index in [1.54, 1.807) is 4.90 Å². The van der Waals surface area contributed by atoms with Crippen molar-refractivity contribution >= 4 is 5.91 Å². The third-order valence-electron chi connectivity index (χ3n) is 5.37. The summed E-state index contributed by atoms with van der Waals surface area (Å²) in [5.41, 5.74) is 7.80. The Hall–Kier alpha value is -1.57. The van der Waals surface area contributed by atoms with Crippen molar-refractivity contribution in [1.82, 2.24) is 9.80 Å². The molecule has 1 amide bonds. The number of rotatable bonds is 5. The number of nitrogens with two attached hydrogens (primary N) is 1. The molecule has 2 aliphatic rings. The first-order chi connectivity index (χ1) is 12.0. The summed E-state index contributed by atoms with van der Waals surface area (Å²) >= 11 is 0. The zero-order chi connectivity index (χ0) is 18.0. The SMILES string of the molecule is N[C@@H](CC(=O)N1CCN(CCO)CC1)[C@H]1CCc2cc(F)c(F)cc21. The van der Waals surface area contributed by atoms with Crippen LogP contribution in [0, 0.1) is 11.6 Å². The van der Waals surface area contributed by atoms with E-state index in [9.17, 15) is 13.6 Å². The summed E-state index contributed by atoms with van der Waals surface area (Å²) in [5, 5.41) is 8.96. The van der Waals surface area contributed by atoms with E-state index in [1.807, 2.05) is 0 Å². The van der Waals surface area contributed by atoms with Crippen LogP contribution in [0.15, 0.2) is 12.1 Å². The van der Waals surface area contributed by atoms with Crippen molar-refractivity contribution in [2.45, 2.75) is 31.2 Å². The average Bonchev–Trinajstić information content (AvgIpc) is 2.99. The summed E-state index contributed by atoms with van der Waals surface area (Å²) in [4.78, 5) is 16.4. The molecule has 1 heterocycles. The molecule has 0 bridgehead atoms. The largest absolute Gasteiger partial charge is 0.395 e. The van der Waals surface area contributed by atoms with Crippen LogP contribution < -0.4 is 5.73 Å². The van der Waals surface area contributed by atoms with Crippen molar-refractivity contribution in [3.8, 4) is 0 Å². The van der Waals surface area contributed by atoms with Crippen molar-refractivity contribution < 1.29 is 18.7 Å². The molecule has 3 rings (SSSR count). The molecule has 0 spiro atoms. The van der Waals surface area contributed by atoms with Crippen LogP contribution in [0.25, 0.3) is 0 Å². The molecule has 1 fully saturated rings. The number of aryl methyl sites for hydroxylation is 1. The van der Waals surface area contributed by atoms with Crippen LogP contribution in [-0.2, 0) is 11.2 Å². The van der Waals surface area contributed by atoms with Gasteiger partial charge in [0.1, 0.15) is 0 Å². The number of hydrogen-bond donors (Lipinski definition) is 2. The molecule has 138 valence electrons. The minimum absolute atomic E-state index is 0.00665. The van der Waals surface area contributed by atoms with E-state index in [4.69, 9.17) is 10.8 Å². The molecule has 7 heteroatoms. The molecule has 1 aromatic carbocycles. The maximum absolute atomic E-state index is 13.6. The highest BCUT2D eigenvalue weighted by molar-refractivity contribution is 5.77. The van der Waals surface area contributed by atoms with E-state index in [1.165, 1.54) is 12.1 Å². The van der Waals surface area contributed by atoms with Gasteiger partial charge in [0.05, 0.1) is 6.61 Å². The van der Waals surface area contributed by atoms with Crippen LogP contribution in [-0.4, -0.2) is 66.2 Å². The summed E-state index contributed by atoms with van der Waals surface area (Å²) in [6.45, 7) is 3.51. The number of aliphatic hydroxyl groups excluding tert-OH is 1. The monoisotopic (exact) mass is 353 g/mol. The van der Waals surface area contributed by atoms with E-state index < -0.39 is 17.7 Å². The molecule has 5 nitrogen and oxygen atoms in total. The molecule has 0 unspecified atom stereocenters. The second-order valence-electron chi connectivity index (χ2n) is 6.92. The molecular weight excluding hydrogens is 328 g/mol. The lowest BCUT2D eigenvalue weighted by atomic mass is 9.91. The minimum atomic E-state index is -0.857. The first-order valence-corrected chi connectivity index (χ1v) is 8.84. The van der Waals surface area contributed by atoms with E-state index in [-0.39, 0.29) is 24.9 Å². The number of β-amino-alcohol motifs (C(OH)–C–C–N with tert-alkyl or cyclic N) is 1. The molecule has 1 aromatic rings. The van der Waals surface area contributed by atoms with Gasteiger partial charge < -0.3 is 15.7 Å². The Labute approximate surface area is 146 Å². The van der Waals surface area contributed by atoms with Crippen molar-refractivity contribution in [3.63, 3.8) is 0 Å². The molecule has 1 aliphatic carbocycles. The zero-order valence-corrected chi connectivity index (χ0v) is 14.3. The maximum atomic E-state index is 13.6. The lowest BCUT2D eigenvalue weighted by molar-refractivity contribution is -0.133. The topological polar surface area (TPSA) is 69.8 Å². The molecule has 25 heavy (non-hydrogen) atoms. The van der Waals surface area contributed by atoms with Gasteiger partial charge in [-0.1, -0.05) is 0 Å². The Balaban J connectivity index is 1.58. The number of carbonyl (C=O) groups is 1. The summed E-state index contributed by atoms with van der Waals surface area (Å²) in [6, 6.07) is 2.09. The van der Waals surface area contributed by atoms with Gasteiger partial charge in [-0.2, -0.15) is 0 Å². The third kappa shape index (κ3) is 3.99. The Morgan fingerprint density at radius 2 is 1.92 bits per heavy atom. The van der Waals surface area contributed by atoms with Crippen molar-refractivity contribution in [3.05, 3.63) is 34.9 Å². The fraction of sp³-hybridized carbons (Fsp3) is 0.611. The first kappa shape index (κ1) is 18.2. The number of aliphatic hydroxyl groups is 1. The highest BCUT2D eigenvalue weighted by atomic mass is 19.2. The van der Waals surface area contributed by atoms with Gasteiger partial charge in [0, 0.05) is 51.1 Å². The number of halogens is 2. The fourth-order valence-electron chi connectivity index (χ4n) is 3.91. The Morgan fingerprint density at radius 3 is 2.60 bits per heavy atom. The normalized spacial score (nSPS) is 22.1. The maximum Gasteiger partial charge on any atom is 0.224 e. The highest BCUT2D eigenvalue weighted by Crippen LogP contribution is 2.37. The predicted molar refractivity (Wildman–Crippen MR) is 90.1 cm³/mol. The van der Waals surface area contributed by atoms with Gasteiger partial charge in [0.15, 0.2) is 11.6 Å². The quantitative estimate of drug-likeness (QED) is 0.823.